The van der Waals surface area contributed by atoms with Crippen LogP contribution in [0.4, 0.5) is 0 Å². The van der Waals surface area contributed by atoms with Crippen molar-refractivity contribution in [1.82, 2.24) is 24.6 Å². The maximum atomic E-state index is 6.25. The van der Waals surface area contributed by atoms with Crippen LogP contribution in [0.2, 0.25) is 5.02 Å². The van der Waals surface area contributed by atoms with E-state index in [1.54, 1.807) is 11.8 Å². The monoisotopic (exact) mass is 433 g/mol. The number of fused-ring (bicyclic) bond motifs is 3. The van der Waals surface area contributed by atoms with Gasteiger partial charge in [-0.2, -0.15) is 5.10 Å². The number of benzene rings is 2. The molecule has 0 bridgehead atoms. The average molecular weight is 434 g/mol. The SMILES string of the molecule is CCC(Sc1nc(-c2ccccc2)c[nH]1)c1nc2cc(Cl)ccc2c2cc(C)nn12. The lowest BCUT2D eigenvalue weighted by molar-refractivity contribution is 0.747. The quantitative estimate of drug-likeness (QED) is 0.322. The molecule has 0 saturated carbocycles. The lowest BCUT2D eigenvalue weighted by Crippen LogP contribution is -2.07. The number of thioether (sulfide) groups is 1. The van der Waals surface area contributed by atoms with Crippen LogP contribution in [-0.2, 0) is 0 Å². The summed E-state index contributed by atoms with van der Waals surface area (Å²) in [5.74, 6) is 0.901. The van der Waals surface area contributed by atoms with Crippen LogP contribution < -0.4 is 0 Å². The van der Waals surface area contributed by atoms with Crippen molar-refractivity contribution in [1.29, 1.82) is 0 Å². The van der Waals surface area contributed by atoms with Crippen LogP contribution in [0.15, 0.2) is 66.0 Å². The molecule has 0 fully saturated rings. The molecule has 0 aliphatic rings. The number of aromatic amines is 1. The Bertz CT molecular complexity index is 1340. The third-order valence-corrected chi connectivity index (χ3v) is 6.55. The van der Waals surface area contributed by atoms with Crippen LogP contribution >= 0.6 is 23.4 Å². The molecule has 5 rings (SSSR count). The van der Waals surface area contributed by atoms with Crippen LogP contribution in [0.25, 0.3) is 27.7 Å². The zero-order valence-electron chi connectivity index (χ0n) is 16.6. The minimum atomic E-state index is 0.0879. The number of hydrogen-bond donors (Lipinski definition) is 1. The molecule has 7 heteroatoms. The molecule has 150 valence electrons. The molecule has 0 saturated heterocycles. The van der Waals surface area contributed by atoms with Crippen LogP contribution in [0.1, 0.15) is 30.1 Å². The molecule has 5 aromatic rings. The second kappa shape index (κ2) is 7.78. The van der Waals surface area contributed by atoms with E-state index in [0.717, 1.165) is 50.8 Å². The molecule has 1 unspecified atom stereocenters. The molecular weight excluding hydrogens is 414 g/mol. The molecule has 0 aliphatic heterocycles. The van der Waals surface area contributed by atoms with Crippen molar-refractivity contribution in [2.45, 2.75) is 30.7 Å². The van der Waals surface area contributed by atoms with Crippen LogP contribution in [0.3, 0.4) is 0 Å². The van der Waals surface area contributed by atoms with Gasteiger partial charge in [0.15, 0.2) is 5.16 Å². The molecule has 3 aromatic heterocycles. The Morgan fingerprint density at radius 2 is 1.93 bits per heavy atom. The van der Waals surface area contributed by atoms with E-state index in [2.05, 4.69) is 30.1 Å². The standard InChI is InChI=1S/C23H20ClN5S/c1-3-21(30-23-25-13-19(27-23)15-7-5-4-6-8-15)22-26-18-12-16(24)9-10-17(18)20-11-14(2)28-29(20)22/h4-13,21H,3H2,1-2H3,(H,25,27). The van der Waals surface area contributed by atoms with Gasteiger partial charge in [-0.3, -0.25) is 0 Å². The fourth-order valence-corrected chi connectivity index (χ4v) is 4.77. The first-order valence-corrected chi connectivity index (χ1v) is 11.1. The lowest BCUT2D eigenvalue weighted by atomic mass is 10.2. The summed E-state index contributed by atoms with van der Waals surface area (Å²) in [5, 5.41) is 7.41. The number of aryl methyl sites for hydroxylation is 1. The van der Waals surface area contributed by atoms with Gasteiger partial charge in [0.05, 0.1) is 27.7 Å². The highest BCUT2D eigenvalue weighted by Gasteiger charge is 2.21. The zero-order chi connectivity index (χ0) is 20.7. The second-order valence-electron chi connectivity index (χ2n) is 7.19. The first-order valence-electron chi connectivity index (χ1n) is 9.85. The number of halogens is 1. The summed E-state index contributed by atoms with van der Waals surface area (Å²) in [6.45, 7) is 4.16. The summed E-state index contributed by atoms with van der Waals surface area (Å²) in [4.78, 5) is 13.1. The van der Waals surface area contributed by atoms with Gasteiger partial charge in [0.25, 0.3) is 0 Å². The Hall–Kier alpha value is -2.83. The number of hydrogen-bond acceptors (Lipinski definition) is 4. The van der Waals surface area contributed by atoms with Crippen molar-refractivity contribution < 1.29 is 0 Å². The Morgan fingerprint density at radius 3 is 2.73 bits per heavy atom. The van der Waals surface area contributed by atoms with Crippen molar-refractivity contribution in [3.63, 3.8) is 0 Å². The maximum Gasteiger partial charge on any atom is 0.166 e. The Balaban J connectivity index is 1.57. The predicted octanol–water partition coefficient (Wildman–Crippen LogP) is 6.48. The molecular formula is C23H20ClN5S. The zero-order valence-corrected chi connectivity index (χ0v) is 18.2. The highest BCUT2D eigenvalue weighted by molar-refractivity contribution is 7.99. The highest BCUT2D eigenvalue weighted by Crippen LogP contribution is 2.37. The summed E-state index contributed by atoms with van der Waals surface area (Å²) in [7, 11) is 0. The number of rotatable bonds is 5. The van der Waals surface area contributed by atoms with Gasteiger partial charge in [0, 0.05) is 22.2 Å². The molecule has 0 radical (unpaired) electrons. The third-order valence-electron chi connectivity index (χ3n) is 5.06. The number of imidazole rings is 1. The topological polar surface area (TPSA) is 58.9 Å². The van der Waals surface area contributed by atoms with E-state index < -0.39 is 0 Å². The first kappa shape index (κ1) is 19.2. The van der Waals surface area contributed by atoms with Gasteiger partial charge in [0.1, 0.15) is 5.82 Å². The van der Waals surface area contributed by atoms with Crippen LogP contribution in [0.5, 0.6) is 0 Å². The van der Waals surface area contributed by atoms with Gasteiger partial charge in [-0.1, -0.05) is 60.6 Å². The minimum absolute atomic E-state index is 0.0879. The molecule has 5 nitrogen and oxygen atoms in total. The highest BCUT2D eigenvalue weighted by atomic mass is 35.5. The fraction of sp³-hybridized carbons (Fsp3) is 0.174. The average Bonchev–Trinajstić information content (AvgIpc) is 3.38. The van der Waals surface area contributed by atoms with E-state index >= 15 is 0 Å². The Labute approximate surface area is 183 Å². The molecule has 0 spiro atoms. The Morgan fingerprint density at radius 1 is 1.10 bits per heavy atom. The van der Waals surface area contributed by atoms with E-state index in [4.69, 9.17) is 26.7 Å². The molecule has 1 atom stereocenters. The first-order chi connectivity index (χ1) is 14.6. The summed E-state index contributed by atoms with van der Waals surface area (Å²) in [6, 6.07) is 18.1. The number of nitrogens with zero attached hydrogens (tertiary/aromatic N) is 4. The number of aromatic nitrogens is 5. The molecule has 30 heavy (non-hydrogen) atoms. The van der Waals surface area contributed by atoms with Gasteiger partial charge in [-0.05, 0) is 37.6 Å². The predicted molar refractivity (Wildman–Crippen MR) is 123 cm³/mol. The molecule has 3 heterocycles. The van der Waals surface area contributed by atoms with Crippen molar-refractivity contribution in [3.8, 4) is 11.3 Å². The summed E-state index contributed by atoms with van der Waals surface area (Å²) >= 11 is 7.92. The lowest BCUT2D eigenvalue weighted by Gasteiger charge is -2.15. The van der Waals surface area contributed by atoms with Crippen molar-refractivity contribution >= 4 is 39.8 Å². The fourth-order valence-electron chi connectivity index (χ4n) is 3.63. The minimum Gasteiger partial charge on any atom is -0.339 e. The molecule has 0 amide bonds. The maximum absolute atomic E-state index is 6.25. The Kier molecular flexibility index (Phi) is 4.97. The van der Waals surface area contributed by atoms with Crippen LogP contribution in [0, 0.1) is 6.92 Å². The number of nitrogens with one attached hydrogen (secondary N) is 1. The van der Waals surface area contributed by atoms with E-state index in [1.807, 2.05) is 54.0 Å². The number of H-pyrrole nitrogens is 1. The summed E-state index contributed by atoms with van der Waals surface area (Å²) < 4.78 is 1.97. The summed E-state index contributed by atoms with van der Waals surface area (Å²) in [6.07, 6.45) is 2.84. The van der Waals surface area contributed by atoms with Crippen molar-refractivity contribution in [2.24, 2.45) is 0 Å². The molecule has 1 N–H and O–H groups in total. The van der Waals surface area contributed by atoms with Crippen molar-refractivity contribution in [3.05, 3.63) is 77.3 Å². The third kappa shape index (κ3) is 3.46. The van der Waals surface area contributed by atoms with Gasteiger partial charge < -0.3 is 4.98 Å². The van der Waals surface area contributed by atoms with Gasteiger partial charge in [0.2, 0.25) is 0 Å². The van der Waals surface area contributed by atoms with E-state index in [-0.39, 0.29) is 5.25 Å². The van der Waals surface area contributed by atoms with E-state index in [9.17, 15) is 0 Å². The van der Waals surface area contributed by atoms with Crippen molar-refractivity contribution in [2.75, 3.05) is 0 Å². The summed E-state index contributed by atoms with van der Waals surface area (Å²) in [5.41, 5.74) is 4.93. The second-order valence-corrected chi connectivity index (χ2v) is 8.81. The smallest absolute Gasteiger partial charge is 0.166 e. The normalized spacial score (nSPS) is 12.6. The van der Waals surface area contributed by atoms with E-state index in [1.165, 1.54) is 0 Å². The van der Waals surface area contributed by atoms with Gasteiger partial charge >= 0.3 is 0 Å². The molecule has 0 aliphatic carbocycles. The largest absolute Gasteiger partial charge is 0.339 e. The molecule has 2 aromatic carbocycles. The van der Waals surface area contributed by atoms with E-state index in [0.29, 0.717) is 5.02 Å². The van der Waals surface area contributed by atoms with Crippen LogP contribution in [-0.4, -0.2) is 24.6 Å². The van der Waals surface area contributed by atoms with Gasteiger partial charge in [-0.25, -0.2) is 14.5 Å². The van der Waals surface area contributed by atoms with Gasteiger partial charge in [-0.15, -0.1) is 0 Å².